The summed E-state index contributed by atoms with van der Waals surface area (Å²) in [5.74, 6) is -4.93. The summed E-state index contributed by atoms with van der Waals surface area (Å²) in [6.07, 6.45) is -4.67. The number of benzene rings is 1. The minimum Gasteiger partial charge on any atom is -0.418 e. The molecule has 0 saturated carbocycles. The predicted molar refractivity (Wildman–Crippen MR) is 59.8 cm³/mol. The van der Waals surface area contributed by atoms with Gasteiger partial charge in [0.25, 0.3) is 5.91 Å². The summed E-state index contributed by atoms with van der Waals surface area (Å²) in [4.78, 5) is 21.1. The molecule has 0 spiro atoms. The quantitative estimate of drug-likeness (QED) is 0.652. The molecule has 0 aliphatic rings. The van der Waals surface area contributed by atoms with E-state index in [1.165, 1.54) is 0 Å². The molecule has 0 fully saturated rings. The van der Waals surface area contributed by atoms with Gasteiger partial charge in [-0.25, -0.2) is 13.2 Å². The summed E-state index contributed by atoms with van der Waals surface area (Å²) in [5.41, 5.74) is 4.26. The standard InChI is InChI=1S/C10H8F3NO5S/c1-20(17,18)6-4-2-3-5(8(14)15)7(6)19-9(16)10(11,12)13/h2-4H,1H3,(H2,14,15). The number of carbonyl (C=O) groups is 2. The summed E-state index contributed by atoms with van der Waals surface area (Å²) in [5, 5.41) is 0. The molecule has 110 valence electrons. The average Bonchev–Trinajstić information content (AvgIpc) is 2.25. The second-order valence-corrected chi connectivity index (χ2v) is 5.64. The lowest BCUT2D eigenvalue weighted by Crippen LogP contribution is -2.29. The number of esters is 1. The Labute approximate surface area is 111 Å². The molecule has 0 radical (unpaired) electrons. The highest BCUT2D eigenvalue weighted by molar-refractivity contribution is 7.90. The van der Waals surface area contributed by atoms with Gasteiger partial charge in [-0.15, -0.1) is 0 Å². The van der Waals surface area contributed by atoms with Crippen molar-refractivity contribution in [3.05, 3.63) is 23.8 Å². The summed E-state index contributed by atoms with van der Waals surface area (Å²) < 4.78 is 63.3. The Morgan fingerprint density at radius 1 is 1.25 bits per heavy atom. The van der Waals surface area contributed by atoms with Gasteiger partial charge in [0.15, 0.2) is 15.6 Å². The number of hydrogen-bond acceptors (Lipinski definition) is 5. The third-order valence-corrected chi connectivity index (χ3v) is 3.19. The van der Waals surface area contributed by atoms with Gasteiger partial charge in [0.05, 0.1) is 5.56 Å². The van der Waals surface area contributed by atoms with Crippen LogP contribution in [-0.4, -0.2) is 32.7 Å². The van der Waals surface area contributed by atoms with Crippen molar-refractivity contribution in [2.75, 3.05) is 6.26 Å². The fourth-order valence-electron chi connectivity index (χ4n) is 1.26. The first-order chi connectivity index (χ1) is 8.94. The zero-order valence-electron chi connectivity index (χ0n) is 9.89. The number of carbonyl (C=O) groups excluding carboxylic acids is 2. The summed E-state index contributed by atoms with van der Waals surface area (Å²) in [6, 6.07) is 2.91. The maximum atomic E-state index is 12.2. The monoisotopic (exact) mass is 311 g/mol. The molecule has 0 heterocycles. The van der Waals surface area contributed by atoms with Crippen LogP contribution in [-0.2, 0) is 14.6 Å². The third kappa shape index (κ3) is 3.47. The fraction of sp³-hybridized carbons (Fsp3) is 0.200. The summed E-state index contributed by atoms with van der Waals surface area (Å²) in [7, 11) is -4.03. The van der Waals surface area contributed by atoms with E-state index < -0.39 is 44.1 Å². The smallest absolute Gasteiger partial charge is 0.418 e. The molecule has 1 aromatic carbocycles. The van der Waals surface area contributed by atoms with E-state index in [2.05, 4.69) is 4.74 Å². The number of ether oxygens (including phenoxy) is 1. The molecule has 6 nitrogen and oxygen atoms in total. The number of nitrogens with two attached hydrogens (primary N) is 1. The van der Waals surface area contributed by atoms with Gasteiger partial charge in [0.1, 0.15) is 4.90 Å². The van der Waals surface area contributed by atoms with Gasteiger partial charge >= 0.3 is 12.1 Å². The van der Waals surface area contributed by atoms with Gasteiger partial charge in [-0.2, -0.15) is 13.2 Å². The highest BCUT2D eigenvalue weighted by Crippen LogP contribution is 2.30. The predicted octanol–water partition coefficient (Wildman–Crippen LogP) is 0.657. The summed E-state index contributed by atoms with van der Waals surface area (Å²) in [6.45, 7) is 0. The maximum absolute atomic E-state index is 12.2. The van der Waals surface area contributed by atoms with E-state index in [4.69, 9.17) is 5.73 Å². The van der Waals surface area contributed by atoms with Crippen molar-refractivity contribution in [2.45, 2.75) is 11.1 Å². The molecule has 0 aliphatic carbocycles. The van der Waals surface area contributed by atoms with Gasteiger partial charge in [-0.05, 0) is 12.1 Å². The SMILES string of the molecule is CS(=O)(=O)c1cccc(C(N)=O)c1OC(=O)C(F)(F)F. The van der Waals surface area contributed by atoms with Crippen molar-refractivity contribution < 1.29 is 35.9 Å². The molecule has 0 saturated heterocycles. The Morgan fingerprint density at radius 3 is 2.20 bits per heavy atom. The van der Waals surface area contributed by atoms with E-state index in [1.807, 2.05) is 0 Å². The minimum absolute atomic E-state index is 0.648. The first-order valence-corrected chi connectivity index (χ1v) is 6.75. The van der Waals surface area contributed by atoms with Crippen LogP contribution in [0.25, 0.3) is 0 Å². The van der Waals surface area contributed by atoms with Crippen molar-refractivity contribution in [3.8, 4) is 5.75 Å². The number of amides is 1. The molecule has 20 heavy (non-hydrogen) atoms. The fourth-order valence-corrected chi connectivity index (χ4v) is 2.07. The molecule has 10 heteroatoms. The Bertz CT molecular complexity index is 666. The van der Waals surface area contributed by atoms with Gasteiger partial charge in [-0.1, -0.05) is 6.07 Å². The highest BCUT2D eigenvalue weighted by Gasteiger charge is 2.42. The Kier molecular flexibility index (Phi) is 4.08. The van der Waals surface area contributed by atoms with Crippen LogP contribution in [0.1, 0.15) is 10.4 Å². The van der Waals surface area contributed by atoms with Crippen LogP contribution in [0, 0.1) is 0 Å². The molecule has 0 aromatic heterocycles. The molecule has 0 bridgehead atoms. The Balaban J connectivity index is 3.49. The van der Waals surface area contributed by atoms with Crippen LogP contribution in [0.4, 0.5) is 13.2 Å². The number of sulfone groups is 1. The Hall–Kier alpha value is -2.10. The first kappa shape index (κ1) is 16.0. The van der Waals surface area contributed by atoms with Crippen molar-refractivity contribution in [2.24, 2.45) is 5.73 Å². The largest absolute Gasteiger partial charge is 0.491 e. The lowest BCUT2D eigenvalue weighted by atomic mass is 10.2. The zero-order valence-corrected chi connectivity index (χ0v) is 10.7. The number of primary amides is 1. The molecule has 0 unspecified atom stereocenters. The molecule has 2 N–H and O–H groups in total. The molecule has 0 atom stereocenters. The lowest BCUT2D eigenvalue weighted by Gasteiger charge is -2.13. The Morgan fingerprint density at radius 2 is 1.80 bits per heavy atom. The van der Waals surface area contributed by atoms with Crippen molar-refractivity contribution in [1.82, 2.24) is 0 Å². The molecule has 1 rings (SSSR count). The van der Waals surface area contributed by atoms with E-state index in [1.54, 1.807) is 0 Å². The van der Waals surface area contributed by atoms with Crippen LogP contribution < -0.4 is 10.5 Å². The minimum atomic E-state index is -5.35. The number of hydrogen-bond donors (Lipinski definition) is 1. The second-order valence-electron chi connectivity index (χ2n) is 3.66. The molecule has 0 aliphatic heterocycles. The summed E-state index contributed by atoms with van der Waals surface area (Å²) >= 11 is 0. The maximum Gasteiger partial charge on any atom is 0.491 e. The van der Waals surface area contributed by atoms with E-state index >= 15 is 0 Å². The zero-order chi connectivity index (χ0) is 15.7. The molecular formula is C10H8F3NO5S. The second kappa shape index (κ2) is 5.12. The van der Waals surface area contributed by atoms with E-state index in [9.17, 15) is 31.2 Å². The van der Waals surface area contributed by atoms with Gasteiger partial charge in [0, 0.05) is 6.26 Å². The van der Waals surface area contributed by atoms with Crippen LogP contribution in [0.2, 0.25) is 0 Å². The first-order valence-electron chi connectivity index (χ1n) is 4.86. The van der Waals surface area contributed by atoms with Crippen LogP contribution in [0.15, 0.2) is 23.1 Å². The molecule has 1 amide bonds. The third-order valence-electron chi connectivity index (χ3n) is 2.07. The van der Waals surface area contributed by atoms with Gasteiger partial charge < -0.3 is 10.5 Å². The number of rotatable bonds is 3. The van der Waals surface area contributed by atoms with Crippen LogP contribution in [0.5, 0.6) is 5.75 Å². The number of para-hydroxylation sites is 1. The average molecular weight is 311 g/mol. The van der Waals surface area contributed by atoms with Gasteiger partial charge in [-0.3, -0.25) is 4.79 Å². The van der Waals surface area contributed by atoms with Gasteiger partial charge in [0.2, 0.25) is 0 Å². The highest BCUT2D eigenvalue weighted by atomic mass is 32.2. The van der Waals surface area contributed by atoms with Crippen molar-refractivity contribution in [3.63, 3.8) is 0 Å². The van der Waals surface area contributed by atoms with E-state index in [-0.39, 0.29) is 0 Å². The lowest BCUT2D eigenvalue weighted by molar-refractivity contribution is -0.189. The van der Waals surface area contributed by atoms with E-state index in [0.29, 0.717) is 6.26 Å². The van der Waals surface area contributed by atoms with Crippen molar-refractivity contribution >= 4 is 21.7 Å². The van der Waals surface area contributed by atoms with Crippen LogP contribution >= 0.6 is 0 Å². The van der Waals surface area contributed by atoms with Crippen LogP contribution in [0.3, 0.4) is 0 Å². The molecular weight excluding hydrogens is 303 g/mol. The number of halogens is 3. The van der Waals surface area contributed by atoms with Crippen molar-refractivity contribution in [1.29, 1.82) is 0 Å². The topological polar surface area (TPSA) is 104 Å². The molecule has 1 aromatic rings. The normalized spacial score (nSPS) is 12.0. The van der Waals surface area contributed by atoms with E-state index in [0.717, 1.165) is 18.2 Å². The number of alkyl halides is 3.